The van der Waals surface area contributed by atoms with Crippen LogP contribution in [0.1, 0.15) is 32.0 Å². The van der Waals surface area contributed by atoms with Gasteiger partial charge in [-0.3, -0.25) is 10.1 Å². The highest BCUT2D eigenvalue weighted by Crippen LogP contribution is 2.30. The highest BCUT2D eigenvalue weighted by Gasteiger charge is 2.22. The fourth-order valence-corrected chi connectivity index (χ4v) is 3.22. The second-order valence-electron chi connectivity index (χ2n) is 8.00. The van der Waals surface area contributed by atoms with Crippen LogP contribution in [0.5, 0.6) is 0 Å². The van der Waals surface area contributed by atoms with Crippen molar-refractivity contribution in [1.82, 2.24) is 9.78 Å². The van der Waals surface area contributed by atoms with Crippen LogP contribution in [0.4, 0.5) is 16.3 Å². The number of nitrogens with one attached hydrogen (secondary N) is 2. The molecule has 0 bridgehead atoms. The van der Waals surface area contributed by atoms with Crippen molar-refractivity contribution < 1.29 is 14.7 Å². The molecule has 0 aliphatic rings. The molecule has 0 atom stereocenters. The van der Waals surface area contributed by atoms with Crippen molar-refractivity contribution in [2.24, 2.45) is 0 Å². The number of carbonyl (C=O) groups excluding carboxylic acids is 1. The number of aromatic nitrogens is 2. The van der Waals surface area contributed by atoms with Crippen LogP contribution < -0.4 is 10.6 Å². The molecule has 7 nitrogen and oxygen atoms in total. The second-order valence-corrected chi connectivity index (χ2v) is 8.78. The lowest BCUT2D eigenvalue weighted by Crippen LogP contribution is -2.21. The van der Waals surface area contributed by atoms with Crippen LogP contribution in [0.25, 0.3) is 5.69 Å². The summed E-state index contributed by atoms with van der Waals surface area (Å²) in [6, 6.07) is 13.2. The number of urea groups is 1. The zero-order chi connectivity index (χ0) is 22.8. The number of rotatable bonds is 5. The third kappa shape index (κ3) is 5.57. The summed E-state index contributed by atoms with van der Waals surface area (Å²) in [5.74, 6) is -0.503. The maximum atomic E-state index is 12.7. The SMILES string of the molecule is CC(C)(C)c1cc(NC(=O)Nc2cccc(Cl)c2Cl)n(-c2cccc(CC(=O)O)c2)n1. The van der Waals surface area contributed by atoms with Gasteiger partial charge in [-0.25, -0.2) is 9.48 Å². The van der Waals surface area contributed by atoms with E-state index >= 15 is 0 Å². The maximum Gasteiger partial charge on any atom is 0.324 e. The Morgan fingerprint density at radius 2 is 1.77 bits per heavy atom. The molecule has 1 heterocycles. The first-order chi connectivity index (χ1) is 14.5. The van der Waals surface area contributed by atoms with Crippen LogP contribution in [0.2, 0.25) is 10.0 Å². The van der Waals surface area contributed by atoms with Gasteiger partial charge < -0.3 is 10.4 Å². The topological polar surface area (TPSA) is 96.2 Å². The van der Waals surface area contributed by atoms with Crippen molar-refractivity contribution >= 4 is 46.7 Å². The molecule has 1 aromatic heterocycles. The van der Waals surface area contributed by atoms with E-state index < -0.39 is 12.0 Å². The normalized spacial score (nSPS) is 11.3. The number of carboxylic acids is 1. The number of hydrogen-bond donors (Lipinski definition) is 3. The number of halogens is 2. The Balaban J connectivity index is 1.94. The highest BCUT2D eigenvalue weighted by molar-refractivity contribution is 6.44. The molecular weight excluding hydrogens is 439 g/mol. The van der Waals surface area contributed by atoms with E-state index in [0.717, 1.165) is 5.69 Å². The Labute approximate surface area is 190 Å². The summed E-state index contributed by atoms with van der Waals surface area (Å²) >= 11 is 12.2. The van der Waals surface area contributed by atoms with Crippen LogP contribution in [0, 0.1) is 0 Å². The van der Waals surface area contributed by atoms with Crippen LogP contribution >= 0.6 is 23.2 Å². The third-order valence-corrected chi connectivity index (χ3v) is 5.25. The van der Waals surface area contributed by atoms with Gasteiger partial charge in [0, 0.05) is 11.5 Å². The number of aliphatic carboxylic acids is 1. The fraction of sp³-hybridized carbons (Fsp3) is 0.227. The number of carboxylic acid groups (broad SMARTS) is 1. The fourth-order valence-electron chi connectivity index (χ4n) is 2.88. The van der Waals surface area contributed by atoms with E-state index in [1.54, 1.807) is 53.2 Å². The first kappa shape index (κ1) is 22.7. The summed E-state index contributed by atoms with van der Waals surface area (Å²) in [4.78, 5) is 23.7. The van der Waals surface area contributed by atoms with E-state index in [1.807, 2.05) is 20.8 Å². The quantitative estimate of drug-likeness (QED) is 0.451. The van der Waals surface area contributed by atoms with Gasteiger partial charge in [-0.15, -0.1) is 0 Å². The van der Waals surface area contributed by atoms with Gasteiger partial charge in [-0.05, 0) is 29.8 Å². The second kappa shape index (κ2) is 8.99. The van der Waals surface area contributed by atoms with Crippen LogP contribution in [-0.2, 0) is 16.6 Å². The van der Waals surface area contributed by atoms with Crippen molar-refractivity contribution in [3.8, 4) is 5.69 Å². The number of anilines is 2. The minimum Gasteiger partial charge on any atom is -0.481 e. The predicted octanol–water partition coefficient (Wildman–Crippen LogP) is 5.75. The van der Waals surface area contributed by atoms with Crippen LogP contribution in [-0.4, -0.2) is 26.9 Å². The van der Waals surface area contributed by atoms with Crippen molar-refractivity contribution in [3.63, 3.8) is 0 Å². The third-order valence-electron chi connectivity index (χ3n) is 4.43. The smallest absolute Gasteiger partial charge is 0.324 e. The lowest BCUT2D eigenvalue weighted by atomic mass is 9.92. The molecule has 3 aromatic rings. The van der Waals surface area contributed by atoms with Gasteiger partial charge in [0.25, 0.3) is 0 Å². The van der Waals surface area contributed by atoms with E-state index in [1.165, 1.54) is 0 Å². The standard InChI is InChI=1S/C22H22Cl2N4O3/c1-22(2,3)17-12-18(26-21(31)25-16-9-5-8-15(23)20(16)24)28(27-17)14-7-4-6-13(10-14)11-19(29)30/h4-10,12H,11H2,1-3H3,(H,29,30)(H2,25,26,31). The van der Waals surface area contributed by atoms with E-state index in [9.17, 15) is 9.59 Å². The van der Waals surface area contributed by atoms with E-state index in [4.69, 9.17) is 28.3 Å². The van der Waals surface area contributed by atoms with Crippen LogP contribution in [0.15, 0.2) is 48.5 Å². The molecular formula is C22H22Cl2N4O3. The Kier molecular flexibility index (Phi) is 6.57. The van der Waals surface area contributed by atoms with Gasteiger partial charge >= 0.3 is 12.0 Å². The number of nitrogens with zero attached hydrogens (tertiary/aromatic N) is 2. The summed E-state index contributed by atoms with van der Waals surface area (Å²) in [6.45, 7) is 6.03. The summed E-state index contributed by atoms with van der Waals surface area (Å²) in [7, 11) is 0. The minimum absolute atomic E-state index is 0.113. The number of benzene rings is 2. The van der Waals surface area contributed by atoms with Gasteiger partial charge in [-0.2, -0.15) is 5.10 Å². The molecule has 0 unspecified atom stereocenters. The summed E-state index contributed by atoms with van der Waals surface area (Å²) in [5, 5.41) is 19.8. The summed E-state index contributed by atoms with van der Waals surface area (Å²) in [5.41, 5.74) is 2.11. The molecule has 0 radical (unpaired) electrons. The summed E-state index contributed by atoms with van der Waals surface area (Å²) < 4.78 is 1.57. The number of hydrogen-bond acceptors (Lipinski definition) is 3. The summed E-state index contributed by atoms with van der Waals surface area (Å²) in [6.07, 6.45) is -0.113. The largest absolute Gasteiger partial charge is 0.481 e. The predicted molar refractivity (Wildman–Crippen MR) is 123 cm³/mol. The highest BCUT2D eigenvalue weighted by atomic mass is 35.5. The molecule has 9 heteroatoms. The maximum absolute atomic E-state index is 12.7. The molecule has 0 spiro atoms. The average molecular weight is 461 g/mol. The molecule has 31 heavy (non-hydrogen) atoms. The molecule has 3 N–H and O–H groups in total. The monoisotopic (exact) mass is 460 g/mol. The molecule has 0 saturated heterocycles. The molecule has 0 saturated carbocycles. The van der Waals surface area contributed by atoms with Crippen LogP contribution in [0.3, 0.4) is 0 Å². The van der Waals surface area contributed by atoms with E-state index in [0.29, 0.717) is 27.8 Å². The average Bonchev–Trinajstić information content (AvgIpc) is 3.09. The molecule has 0 fully saturated rings. The molecule has 2 amide bonds. The van der Waals surface area contributed by atoms with Crippen molar-refractivity contribution in [3.05, 3.63) is 69.8 Å². The van der Waals surface area contributed by atoms with Gasteiger partial charge in [0.1, 0.15) is 5.82 Å². The number of amides is 2. The van der Waals surface area contributed by atoms with Crippen molar-refractivity contribution in [2.75, 3.05) is 10.6 Å². The van der Waals surface area contributed by atoms with E-state index in [2.05, 4.69) is 15.7 Å². The Morgan fingerprint density at radius 1 is 1.06 bits per heavy atom. The van der Waals surface area contributed by atoms with Crippen molar-refractivity contribution in [1.29, 1.82) is 0 Å². The first-order valence-electron chi connectivity index (χ1n) is 9.48. The first-order valence-corrected chi connectivity index (χ1v) is 10.2. The molecule has 2 aromatic carbocycles. The number of carbonyl (C=O) groups is 2. The zero-order valence-electron chi connectivity index (χ0n) is 17.2. The van der Waals surface area contributed by atoms with Gasteiger partial charge in [-0.1, -0.05) is 62.2 Å². The Hall–Kier alpha value is -3.03. The molecule has 0 aliphatic carbocycles. The van der Waals surface area contributed by atoms with Crippen molar-refractivity contribution in [2.45, 2.75) is 32.6 Å². The molecule has 0 aliphatic heterocycles. The zero-order valence-corrected chi connectivity index (χ0v) is 18.8. The lowest BCUT2D eigenvalue weighted by molar-refractivity contribution is -0.136. The Bertz CT molecular complexity index is 1140. The molecule has 3 rings (SSSR count). The Morgan fingerprint density at radius 3 is 2.45 bits per heavy atom. The molecule has 162 valence electrons. The van der Waals surface area contributed by atoms with Gasteiger partial charge in [0.05, 0.1) is 33.5 Å². The lowest BCUT2D eigenvalue weighted by Gasteiger charge is -2.14. The van der Waals surface area contributed by atoms with Gasteiger partial charge in [0.15, 0.2) is 0 Å². The van der Waals surface area contributed by atoms with Gasteiger partial charge in [0.2, 0.25) is 0 Å². The van der Waals surface area contributed by atoms with E-state index in [-0.39, 0.29) is 16.9 Å². The minimum atomic E-state index is -0.927.